The van der Waals surface area contributed by atoms with Crippen LogP contribution in [0.3, 0.4) is 0 Å². The highest BCUT2D eigenvalue weighted by molar-refractivity contribution is 5.87. The minimum atomic E-state index is -1.21. The molecule has 8 atom stereocenters. The van der Waals surface area contributed by atoms with E-state index in [4.69, 9.17) is 34.6 Å². The smallest absolute Gasteiger partial charge is 0.243 e. The third-order valence-electron chi connectivity index (χ3n) is 14.8. The number of aromatic nitrogens is 8. The molecule has 480 valence electrons. The van der Waals surface area contributed by atoms with Gasteiger partial charge in [0.25, 0.3) is 0 Å². The summed E-state index contributed by atoms with van der Waals surface area (Å²) in [7, 11) is 3.02. The van der Waals surface area contributed by atoms with E-state index in [1.807, 2.05) is 114 Å². The number of fused-ring (bicyclic) bond motifs is 2. The first-order valence-corrected chi connectivity index (χ1v) is 30.0. The summed E-state index contributed by atoms with van der Waals surface area (Å²) in [4.78, 5) is 50.8. The topological polar surface area (TPSA) is 325 Å². The molecule has 11 N–H and O–H groups in total. The van der Waals surface area contributed by atoms with Gasteiger partial charge >= 0.3 is 0 Å². The molecule has 2 fully saturated rings. The van der Waals surface area contributed by atoms with Crippen molar-refractivity contribution in [1.82, 2.24) is 55.0 Å². The Morgan fingerprint density at radius 1 is 0.600 bits per heavy atom. The van der Waals surface area contributed by atoms with Gasteiger partial charge in [-0.05, 0) is 69.9 Å². The van der Waals surface area contributed by atoms with Crippen molar-refractivity contribution in [3.63, 3.8) is 0 Å². The fraction of sp³-hybridized carbons (Fsp3) is 0.424. The zero-order valence-corrected chi connectivity index (χ0v) is 52.3. The molecular formula is C66H86N14O10. The number of ether oxygens (including phenoxy) is 4. The molecule has 0 bridgehead atoms. The maximum Gasteiger partial charge on any atom is 0.243 e. The zero-order valence-electron chi connectivity index (χ0n) is 52.3. The summed E-state index contributed by atoms with van der Waals surface area (Å²) in [5.41, 5.74) is 12.0. The highest BCUT2D eigenvalue weighted by Crippen LogP contribution is 2.36. The summed E-state index contributed by atoms with van der Waals surface area (Å²) in [6.45, 7) is 17.2. The number of benzene rings is 4. The van der Waals surface area contributed by atoms with Crippen LogP contribution in [0.4, 0.5) is 11.6 Å². The Kier molecular flexibility index (Phi) is 23.8. The van der Waals surface area contributed by atoms with Crippen LogP contribution in [0.2, 0.25) is 0 Å². The number of hydrogen-bond donors (Lipinski definition) is 10. The number of nitrogens with one attached hydrogen (secondary N) is 5. The predicted octanol–water partition coefficient (Wildman–Crippen LogP) is 5.61. The van der Waals surface area contributed by atoms with Gasteiger partial charge in [0.1, 0.15) is 48.3 Å². The predicted molar refractivity (Wildman–Crippen MR) is 343 cm³/mol. The highest BCUT2D eigenvalue weighted by Gasteiger charge is 2.46. The highest BCUT2D eigenvalue weighted by atomic mass is 16.6. The molecule has 6 heterocycles. The van der Waals surface area contributed by atoms with Gasteiger partial charge in [0.05, 0.1) is 39.0 Å². The minimum absolute atomic E-state index is 0.0346. The first-order valence-electron chi connectivity index (χ1n) is 30.0. The second kappa shape index (κ2) is 31.5. The number of hydrogen-bond acceptors (Lipinski definition) is 20. The number of aliphatic hydroxyl groups is 4. The van der Waals surface area contributed by atoms with Gasteiger partial charge in [-0.25, -0.2) is 29.9 Å². The van der Waals surface area contributed by atoms with Crippen LogP contribution in [0.5, 0.6) is 0 Å². The number of methoxy groups -OCH3 is 2. The lowest BCUT2D eigenvalue weighted by molar-refractivity contribution is -0.122. The van der Waals surface area contributed by atoms with E-state index in [-0.39, 0.29) is 54.5 Å². The Morgan fingerprint density at radius 3 is 1.34 bits per heavy atom. The maximum absolute atomic E-state index is 12.3. The number of anilines is 2. The van der Waals surface area contributed by atoms with Crippen LogP contribution < -0.4 is 32.3 Å². The first kappa shape index (κ1) is 67.8. The average molecular weight is 1240 g/mol. The number of imidazole rings is 2. The molecule has 24 heteroatoms. The normalized spacial score (nSPS) is 19.9. The molecule has 2 aliphatic heterocycles. The molecule has 90 heavy (non-hydrogen) atoms. The second-order valence-electron chi connectivity index (χ2n) is 24.0. The minimum Gasteiger partial charge on any atom is -0.387 e. The van der Waals surface area contributed by atoms with Gasteiger partial charge in [-0.1, -0.05) is 128 Å². The van der Waals surface area contributed by atoms with Gasteiger partial charge in [0.2, 0.25) is 11.8 Å². The van der Waals surface area contributed by atoms with Gasteiger partial charge in [-0.15, -0.1) is 0 Å². The summed E-state index contributed by atoms with van der Waals surface area (Å²) < 4.78 is 25.4. The standard InChI is InChI=1S/C33H43N7O5.C26H30N6O4.C7H13NO/c1-33(2,3)39-26(41)15-16-34-18-25-37-30(35-17-23(21-11-7-5-8-12-21)22-13-9-6-10-14-22)27-31(38-25)40(20-36-27)32-29(43)28(42)24(45-32)19-44-4;1-35-14-19-22(33)23(34)26(36-19)32-15-29-21-24(30-20(12-27)31-25(21)32)28-13-18(16-8-4-2-5-9-16)17-10-6-3-7-11-17;1-5-6(9)8-7(2,3)4/h5-14,20,23-24,28-29,32,34,42-43H,15-19H2,1-4H3,(H,39,41)(H,35,37,38);2-11,15,18-19,22-23,26,33-34H,12-14,27H2,1H3,(H,28,30,31);5H,1H2,2-4H3,(H,8,9)/t24-,28-,29-,32-;19-,22-,23-,26-;/m11./s1. The second-order valence-corrected chi connectivity index (χ2v) is 24.0. The third-order valence-corrected chi connectivity index (χ3v) is 14.8. The van der Waals surface area contributed by atoms with Crippen LogP contribution in [0.15, 0.2) is 147 Å². The molecule has 2 saturated heterocycles. The summed E-state index contributed by atoms with van der Waals surface area (Å²) in [5.74, 6) is 1.90. The molecule has 0 radical (unpaired) electrons. The third kappa shape index (κ3) is 17.8. The van der Waals surface area contributed by atoms with Crippen molar-refractivity contribution in [3.8, 4) is 0 Å². The monoisotopic (exact) mass is 1230 g/mol. The molecule has 2 aliphatic rings. The van der Waals surface area contributed by atoms with Crippen LogP contribution in [0.25, 0.3) is 22.3 Å². The summed E-state index contributed by atoms with van der Waals surface area (Å²) in [5, 5.41) is 58.4. The lowest BCUT2D eigenvalue weighted by Crippen LogP contribution is -2.41. The molecule has 8 aromatic rings. The molecule has 0 spiro atoms. The number of nitrogens with two attached hydrogens (primary N) is 1. The van der Waals surface area contributed by atoms with Crippen LogP contribution in [0, 0.1) is 0 Å². The van der Waals surface area contributed by atoms with E-state index in [9.17, 15) is 30.0 Å². The zero-order chi connectivity index (χ0) is 64.5. The number of aliphatic hydroxyl groups excluding tert-OH is 4. The maximum atomic E-state index is 12.3. The largest absolute Gasteiger partial charge is 0.387 e. The lowest BCUT2D eigenvalue weighted by atomic mass is 9.91. The molecule has 0 saturated carbocycles. The van der Waals surface area contributed by atoms with Crippen molar-refractivity contribution in [2.24, 2.45) is 5.73 Å². The van der Waals surface area contributed by atoms with Gasteiger partial charge in [-0.2, -0.15) is 0 Å². The quantitative estimate of drug-likeness (QED) is 0.0275. The summed E-state index contributed by atoms with van der Waals surface area (Å²) in [6.07, 6.45) is -3.13. The Morgan fingerprint density at radius 2 is 0.989 bits per heavy atom. The van der Waals surface area contributed by atoms with E-state index < -0.39 is 49.1 Å². The van der Waals surface area contributed by atoms with Crippen LogP contribution in [-0.4, -0.2) is 166 Å². The number of amides is 2. The molecule has 24 nitrogen and oxygen atoms in total. The van der Waals surface area contributed by atoms with E-state index in [1.165, 1.54) is 37.7 Å². The first-order chi connectivity index (χ1) is 43.2. The van der Waals surface area contributed by atoms with Crippen molar-refractivity contribution in [1.29, 1.82) is 0 Å². The van der Waals surface area contributed by atoms with Gasteiger partial charge in [-0.3, -0.25) is 18.7 Å². The fourth-order valence-electron chi connectivity index (χ4n) is 10.5. The number of rotatable bonds is 23. The summed E-state index contributed by atoms with van der Waals surface area (Å²) in [6, 6.07) is 41.1. The van der Waals surface area contributed by atoms with Crippen LogP contribution in [0.1, 0.15) is 106 Å². The van der Waals surface area contributed by atoms with Gasteiger partial charge < -0.3 is 71.7 Å². The molecule has 4 aromatic heterocycles. The van der Waals surface area contributed by atoms with E-state index >= 15 is 0 Å². The Balaban J connectivity index is 0.000000208. The van der Waals surface area contributed by atoms with Crippen molar-refractivity contribution < 1.29 is 49.0 Å². The molecular weight excluding hydrogens is 1150 g/mol. The van der Waals surface area contributed by atoms with Crippen LogP contribution in [-0.2, 0) is 41.6 Å². The summed E-state index contributed by atoms with van der Waals surface area (Å²) >= 11 is 0. The van der Waals surface area contributed by atoms with E-state index in [1.54, 1.807) is 15.5 Å². The van der Waals surface area contributed by atoms with E-state index in [0.29, 0.717) is 78.2 Å². The number of carbonyl (C=O) groups is 2. The number of nitrogens with zero attached hydrogens (tertiary/aromatic N) is 8. The molecule has 10 rings (SSSR count). The van der Waals surface area contributed by atoms with Crippen molar-refractivity contribution in [3.05, 3.63) is 181 Å². The molecule has 4 aromatic carbocycles. The van der Waals surface area contributed by atoms with Gasteiger partial charge in [0, 0.05) is 63.2 Å². The SMILES string of the molecule is C=CC(=O)NC(C)(C)C.COC[C@H]1O[C@@H](n2cnc3c(NCC(c4ccccc4)c4ccccc4)nc(CN)nc32)[C@H](O)[C@@H]1O.COC[C@H]1O[C@@H](n2cnc3c(NCC(c4ccccc4)c4ccccc4)nc(CNCCC(=O)NC(C)(C)C)nc32)[C@H](O)[C@@H]1O. The number of carbonyl (C=O) groups excluding carboxylic acids is 2. The molecule has 0 aliphatic carbocycles. The van der Waals surface area contributed by atoms with E-state index in [0.717, 1.165) is 11.1 Å². The van der Waals surface area contributed by atoms with Crippen LogP contribution >= 0.6 is 0 Å². The average Bonchev–Trinajstić information content (AvgIpc) is 1.63. The van der Waals surface area contributed by atoms with Crippen molar-refractivity contribution in [2.75, 3.05) is 57.7 Å². The van der Waals surface area contributed by atoms with Crippen molar-refractivity contribution >= 4 is 45.8 Å². The Bertz CT molecular complexity index is 3470. The Labute approximate surface area is 524 Å². The van der Waals surface area contributed by atoms with Gasteiger partial charge in [0.15, 0.2) is 46.4 Å². The van der Waals surface area contributed by atoms with E-state index in [2.05, 4.69) is 102 Å². The molecule has 0 unspecified atom stereocenters. The Hall–Kier alpha value is -8.14. The van der Waals surface area contributed by atoms with Crippen molar-refractivity contribution in [2.45, 2.75) is 133 Å². The lowest BCUT2D eigenvalue weighted by Gasteiger charge is -2.20. The fourth-order valence-corrected chi connectivity index (χ4v) is 10.5. The molecule has 2 amide bonds.